The van der Waals surface area contributed by atoms with Crippen molar-refractivity contribution in [2.45, 2.75) is 32.4 Å². The zero-order valence-corrected chi connectivity index (χ0v) is 15.0. The fourth-order valence-electron chi connectivity index (χ4n) is 2.38. The number of nitrogens with one attached hydrogen (secondary N) is 2. The summed E-state index contributed by atoms with van der Waals surface area (Å²) in [5.41, 5.74) is 7.69. The van der Waals surface area contributed by atoms with Gasteiger partial charge in [-0.1, -0.05) is 41.9 Å². The van der Waals surface area contributed by atoms with Gasteiger partial charge in [-0.05, 0) is 37.6 Å². The highest BCUT2D eigenvalue weighted by atomic mass is 35.5. The Morgan fingerprint density at radius 3 is 2.44 bits per heavy atom. The van der Waals surface area contributed by atoms with Gasteiger partial charge in [-0.3, -0.25) is 9.59 Å². The lowest BCUT2D eigenvalue weighted by molar-refractivity contribution is -0.116. The summed E-state index contributed by atoms with van der Waals surface area (Å²) in [6.45, 7) is 3.73. The van der Waals surface area contributed by atoms with Crippen LogP contribution < -0.4 is 16.4 Å². The van der Waals surface area contributed by atoms with Crippen molar-refractivity contribution in [1.82, 2.24) is 5.32 Å². The van der Waals surface area contributed by atoms with Gasteiger partial charge in [0.15, 0.2) is 0 Å². The molecule has 0 radical (unpaired) electrons. The third-order valence-electron chi connectivity index (χ3n) is 3.55. The normalized spacial score (nSPS) is 11.9. The molecule has 0 heterocycles. The smallest absolute Gasteiger partial charge is 0.253 e. The molecule has 0 fully saturated rings. The van der Waals surface area contributed by atoms with E-state index >= 15 is 0 Å². The largest absolute Gasteiger partial charge is 0.350 e. The van der Waals surface area contributed by atoms with Crippen LogP contribution in [0.3, 0.4) is 0 Å². The highest BCUT2D eigenvalue weighted by molar-refractivity contribution is 6.31. The number of anilines is 1. The van der Waals surface area contributed by atoms with Gasteiger partial charge in [-0.15, -0.1) is 0 Å². The minimum Gasteiger partial charge on any atom is -0.350 e. The summed E-state index contributed by atoms with van der Waals surface area (Å²) in [6.07, 6.45) is 0.0990. The molecule has 0 aromatic heterocycles. The van der Waals surface area contributed by atoms with Crippen molar-refractivity contribution >= 4 is 29.1 Å². The number of nitrogens with two attached hydrogens (primary N) is 1. The molecule has 1 unspecified atom stereocenters. The van der Waals surface area contributed by atoms with E-state index in [9.17, 15) is 9.59 Å². The predicted octanol–water partition coefficient (Wildman–Crippen LogP) is 3.51. The van der Waals surface area contributed by atoms with Crippen LogP contribution in [0.4, 0.5) is 5.69 Å². The molecule has 5 nitrogen and oxygen atoms in total. The number of amides is 2. The SMILES string of the molecule is CC(C)NC(=O)c1ccc(Cl)cc1NC(=O)CC(N)c1ccccc1. The average Bonchev–Trinajstić information content (AvgIpc) is 2.54. The van der Waals surface area contributed by atoms with Crippen molar-refractivity contribution in [2.75, 3.05) is 5.32 Å². The Morgan fingerprint density at radius 2 is 1.80 bits per heavy atom. The molecule has 132 valence electrons. The summed E-state index contributed by atoms with van der Waals surface area (Å²) < 4.78 is 0. The van der Waals surface area contributed by atoms with Crippen LogP contribution in [0.15, 0.2) is 48.5 Å². The molecule has 2 aromatic rings. The Balaban J connectivity index is 2.12. The summed E-state index contributed by atoms with van der Waals surface area (Å²) in [7, 11) is 0. The van der Waals surface area contributed by atoms with E-state index in [1.807, 2.05) is 44.2 Å². The van der Waals surface area contributed by atoms with E-state index < -0.39 is 6.04 Å². The topological polar surface area (TPSA) is 84.2 Å². The zero-order valence-electron chi connectivity index (χ0n) is 14.3. The maximum atomic E-state index is 12.3. The molecule has 0 saturated carbocycles. The monoisotopic (exact) mass is 359 g/mol. The Labute approximate surface area is 152 Å². The third-order valence-corrected chi connectivity index (χ3v) is 3.79. The molecule has 2 amide bonds. The van der Waals surface area contributed by atoms with E-state index in [0.29, 0.717) is 16.3 Å². The first-order chi connectivity index (χ1) is 11.9. The van der Waals surface area contributed by atoms with Gasteiger partial charge in [0.2, 0.25) is 5.91 Å². The molecule has 0 aliphatic rings. The fourth-order valence-corrected chi connectivity index (χ4v) is 2.55. The predicted molar refractivity (Wildman–Crippen MR) is 101 cm³/mol. The molecular formula is C19H22ClN3O2. The van der Waals surface area contributed by atoms with Gasteiger partial charge in [0.05, 0.1) is 11.3 Å². The quantitative estimate of drug-likeness (QED) is 0.737. The van der Waals surface area contributed by atoms with Crippen LogP contribution in [-0.2, 0) is 4.79 Å². The van der Waals surface area contributed by atoms with Crippen LogP contribution in [0.1, 0.15) is 42.2 Å². The van der Waals surface area contributed by atoms with Gasteiger partial charge in [-0.2, -0.15) is 0 Å². The maximum Gasteiger partial charge on any atom is 0.253 e. The molecule has 0 aliphatic heterocycles. The van der Waals surface area contributed by atoms with E-state index in [-0.39, 0.29) is 24.3 Å². The fraction of sp³-hybridized carbons (Fsp3) is 0.263. The molecule has 1 atom stereocenters. The Bertz CT molecular complexity index is 748. The molecule has 4 N–H and O–H groups in total. The lowest BCUT2D eigenvalue weighted by Gasteiger charge is -2.15. The van der Waals surface area contributed by atoms with Gasteiger partial charge >= 0.3 is 0 Å². The van der Waals surface area contributed by atoms with Crippen molar-refractivity contribution in [3.05, 3.63) is 64.7 Å². The zero-order chi connectivity index (χ0) is 18.4. The van der Waals surface area contributed by atoms with E-state index in [1.165, 1.54) is 0 Å². The molecule has 2 aromatic carbocycles. The number of halogens is 1. The molecule has 0 saturated heterocycles. The average molecular weight is 360 g/mol. The van der Waals surface area contributed by atoms with Crippen molar-refractivity contribution in [3.8, 4) is 0 Å². The van der Waals surface area contributed by atoms with Gasteiger partial charge in [0.1, 0.15) is 0 Å². The van der Waals surface area contributed by atoms with Gasteiger partial charge in [-0.25, -0.2) is 0 Å². The molecule has 2 rings (SSSR count). The van der Waals surface area contributed by atoms with Crippen LogP contribution in [0.5, 0.6) is 0 Å². The first kappa shape index (κ1) is 19.0. The van der Waals surface area contributed by atoms with E-state index in [1.54, 1.807) is 18.2 Å². The van der Waals surface area contributed by atoms with Crippen molar-refractivity contribution in [1.29, 1.82) is 0 Å². The molecule has 25 heavy (non-hydrogen) atoms. The summed E-state index contributed by atoms with van der Waals surface area (Å²) in [6, 6.07) is 13.7. The second kappa shape index (κ2) is 8.65. The lowest BCUT2D eigenvalue weighted by Crippen LogP contribution is -2.31. The molecule has 6 heteroatoms. The van der Waals surface area contributed by atoms with Gasteiger partial charge in [0, 0.05) is 23.5 Å². The van der Waals surface area contributed by atoms with Gasteiger partial charge < -0.3 is 16.4 Å². The minimum absolute atomic E-state index is 0.0155. The van der Waals surface area contributed by atoms with Crippen LogP contribution >= 0.6 is 11.6 Å². The Kier molecular flexibility index (Phi) is 6.56. The second-order valence-electron chi connectivity index (χ2n) is 6.09. The standard InChI is InChI=1S/C19H22ClN3O2/c1-12(2)22-19(25)15-9-8-14(20)10-17(15)23-18(24)11-16(21)13-6-4-3-5-7-13/h3-10,12,16H,11,21H2,1-2H3,(H,22,25)(H,23,24). The summed E-state index contributed by atoms with van der Waals surface area (Å²) in [5, 5.41) is 5.98. The second-order valence-corrected chi connectivity index (χ2v) is 6.52. The summed E-state index contributed by atoms with van der Waals surface area (Å²) in [5.74, 6) is -0.549. The summed E-state index contributed by atoms with van der Waals surface area (Å²) >= 11 is 6.00. The number of carbonyl (C=O) groups is 2. The first-order valence-electron chi connectivity index (χ1n) is 8.07. The highest BCUT2D eigenvalue weighted by Gasteiger charge is 2.17. The van der Waals surface area contributed by atoms with Gasteiger partial charge in [0.25, 0.3) is 5.91 Å². The van der Waals surface area contributed by atoms with Crippen LogP contribution in [0, 0.1) is 0 Å². The van der Waals surface area contributed by atoms with E-state index in [2.05, 4.69) is 10.6 Å². The van der Waals surface area contributed by atoms with Crippen LogP contribution in [0.2, 0.25) is 5.02 Å². The van der Waals surface area contributed by atoms with Crippen molar-refractivity contribution in [2.24, 2.45) is 5.73 Å². The van der Waals surface area contributed by atoms with Crippen LogP contribution in [-0.4, -0.2) is 17.9 Å². The number of benzene rings is 2. The number of hydrogen-bond donors (Lipinski definition) is 3. The first-order valence-corrected chi connectivity index (χ1v) is 8.45. The Morgan fingerprint density at radius 1 is 1.12 bits per heavy atom. The number of rotatable bonds is 6. The third kappa shape index (κ3) is 5.59. The van der Waals surface area contributed by atoms with Crippen LogP contribution in [0.25, 0.3) is 0 Å². The minimum atomic E-state index is -0.423. The molecule has 0 bridgehead atoms. The Hall–Kier alpha value is -2.37. The lowest BCUT2D eigenvalue weighted by atomic mass is 10.0. The summed E-state index contributed by atoms with van der Waals surface area (Å²) in [4.78, 5) is 24.6. The van der Waals surface area contributed by atoms with E-state index in [0.717, 1.165) is 5.56 Å². The van der Waals surface area contributed by atoms with Crippen molar-refractivity contribution in [3.63, 3.8) is 0 Å². The number of carbonyl (C=O) groups excluding carboxylic acids is 2. The molecule has 0 spiro atoms. The van der Waals surface area contributed by atoms with E-state index in [4.69, 9.17) is 17.3 Å². The maximum absolute atomic E-state index is 12.3. The molecule has 0 aliphatic carbocycles. The van der Waals surface area contributed by atoms with Crippen molar-refractivity contribution < 1.29 is 9.59 Å². The number of hydrogen-bond acceptors (Lipinski definition) is 3. The molecular weight excluding hydrogens is 338 g/mol. The highest BCUT2D eigenvalue weighted by Crippen LogP contribution is 2.22.